The van der Waals surface area contributed by atoms with Crippen LogP contribution in [0.25, 0.3) is 11.3 Å². The Morgan fingerprint density at radius 2 is 1.33 bits per heavy atom. The number of benzene rings is 1. The maximum atomic E-state index is 2.33. The lowest BCUT2D eigenvalue weighted by Crippen LogP contribution is -1.99. The monoisotopic (exact) mass is 241 g/mol. The molecule has 1 nitrogen and oxygen atoms in total. The van der Waals surface area contributed by atoms with Gasteiger partial charge in [-0.2, -0.15) is 0 Å². The van der Waals surface area contributed by atoms with Crippen molar-refractivity contribution in [3.63, 3.8) is 0 Å². The molecule has 0 radical (unpaired) electrons. The van der Waals surface area contributed by atoms with Crippen molar-refractivity contribution in [3.05, 3.63) is 45.6 Å². The van der Waals surface area contributed by atoms with E-state index in [1.165, 1.54) is 44.8 Å². The minimum atomic E-state index is 1.33. The second kappa shape index (κ2) is 4.31. The van der Waals surface area contributed by atoms with Crippen LogP contribution in [-0.4, -0.2) is 4.57 Å². The van der Waals surface area contributed by atoms with Gasteiger partial charge in [-0.15, -0.1) is 0 Å². The summed E-state index contributed by atoms with van der Waals surface area (Å²) in [4.78, 5) is 0. The molecule has 0 bridgehead atoms. The second-order valence-electron chi connectivity index (χ2n) is 5.47. The standard InChI is InChI=1S/C17H23N/c1-10-8-16(14(5)13(4)12(10)3)17-9-11(2)15(6)18(17)7/h8-9H,1-7H3. The molecule has 0 saturated heterocycles. The molecule has 1 aromatic heterocycles. The minimum absolute atomic E-state index is 1.33. The fraction of sp³-hybridized carbons (Fsp3) is 0.412. The van der Waals surface area contributed by atoms with Crippen LogP contribution in [0.15, 0.2) is 12.1 Å². The van der Waals surface area contributed by atoms with Crippen LogP contribution in [-0.2, 0) is 7.05 Å². The Bertz CT molecular complexity index is 615. The maximum Gasteiger partial charge on any atom is 0.0485 e. The molecule has 2 rings (SSSR count). The normalized spacial score (nSPS) is 11.1. The zero-order chi connectivity index (χ0) is 13.6. The van der Waals surface area contributed by atoms with E-state index < -0.39 is 0 Å². The van der Waals surface area contributed by atoms with Gasteiger partial charge < -0.3 is 4.57 Å². The molecular weight excluding hydrogens is 218 g/mol. The van der Waals surface area contributed by atoms with Gasteiger partial charge in [0.05, 0.1) is 0 Å². The molecule has 1 heterocycles. The predicted octanol–water partition coefficient (Wildman–Crippen LogP) is 4.54. The Labute approximate surface area is 110 Å². The summed E-state index contributed by atoms with van der Waals surface area (Å²) >= 11 is 0. The molecule has 0 unspecified atom stereocenters. The average Bonchev–Trinajstić information content (AvgIpc) is 2.59. The van der Waals surface area contributed by atoms with Crippen LogP contribution in [0.2, 0.25) is 0 Å². The van der Waals surface area contributed by atoms with Gasteiger partial charge in [-0.1, -0.05) is 0 Å². The topological polar surface area (TPSA) is 4.93 Å². The highest BCUT2D eigenvalue weighted by atomic mass is 15.0. The highest BCUT2D eigenvalue weighted by Crippen LogP contribution is 2.31. The molecule has 0 spiro atoms. The van der Waals surface area contributed by atoms with Gasteiger partial charge in [0, 0.05) is 24.0 Å². The average molecular weight is 241 g/mol. The first-order valence-corrected chi connectivity index (χ1v) is 6.55. The summed E-state index contributed by atoms with van der Waals surface area (Å²) in [6, 6.07) is 4.62. The Kier molecular flexibility index (Phi) is 3.10. The van der Waals surface area contributed by atoms with Crippen molar-refractivity contribution in [3.8, 4) is 11.3 Å². The summed E-state index contributed by atoms with van der Waals surface area (Å²) in [6.45, 7) is 13.2. The molecule has 96 valence electrons. The predicted molar refractivity (Wildman–Crippen MR) is 79.3 cm³/mol. The lowest BCUT2D eigenvalue weighted by Gasteiger charge is -2.15. The largest absolute Gasteiger partial charge is 0.348 e. The van der Waals surface area contributed by atoms with Crippen molar-refractivity contribution in [1.82, 2.24) is 4.57 Å². The first-order valence-electron chi connectivity index (χ1n) is 6.55. The van der Waals surface area contributed by atoms with Crippen LogP contribution >= 0.6 is 0 Å². The van der Waals surface area contributed by atoms with Crippen molar-refractivity contribution in [2.75, 3.05) is 0 Å². The molecule has 0 fully saturated rings. The van der Waals surface area contributed by atoms with Gasteiger partial charge in [-0.05, 0) is 81.5 Å². The van der Waals surface area contributed by atoms with E-state index in [-0.39, 0.29) is 0 Å². The number of hydrogen-bond donors (Lipinski definition) is 0. The van der Waals surface area contributed by atoms with Crippen LogP contribution in [0.3, 0.4) is 0 Å². The highest BCUT2D eigenvalue weighted by Gasteiger charge is 2.13. The molecule has 0 atom stereocenters. The quantitative estimate of drug-likeness (QED) is 0.690. The van der Waals surface area contributed by atoms with Gasteiger partial charge in [-0.3, -0.25) is 0 Å². The molecule has 0 aliphatic carbocycles. The van der Waals surface area contributed by atoms with E-state index in [9.17, 15) is 0 Å². The van der Waals surface area contributed by atoms with Gasteiger partial charge in [0.25, 0.3) is 0 Å². The van der Waals surface area contributed by atoms with E-state index in [2.05, 4.69) is 65.3 Å². The first-order chi connectivity index (χ1) is 8.34. The van der Waals surface area contributed by atoms with E-state index >= 15 is 0 Å². The molecule has 0 N–H and O–H groups in total. The molecule has 0 aliphatic rings. The SMILES string of the molecule is Cc1cc(-c2cc(C)c(C)n2C)c(C)c(C)c1C. The van der Waals surface area contributed by atoms with Crippen molar-refractivity contribution < 1.29 is 0 Å². The van der Waals surface area contributed by atoms with Crippen LogP contribution in [0.5, 0.6) is 0 Å². The third-order valence-electron chi connectivity index (χ3n) is 4.55. The number of rotatable bonds is 1. The van der Waals surface area contributed by atoms with Crippen molar-refractivity contribution in [2.45, 2.75) is 41.5 Å². The summed E-state index contributed by atoms with van der Waals surface area (Å²) in [5.41, 5.74) is 11.0. The van der Waals surface area contributed by atoms with Gasteiger partial charge in [0.1, 0.15) is 0 Å². The van der Waals surface area contributed by atoms with Crippen LogP contribution < -0.4 is 0 Å². The number of hydrogen-bond acceptors (Lipinski definition) is 0. The molecule has 1 aromatic carbocycles. The Balaban J connectivity index is 2.76. The Hall–Kier alpha value is -1.50. The summed E-state index contributed by atoms with van der Waals surface area (Å²) in [5, 5.41) is 0. The van der Waals surface area contributed by atoms with Crippen molar-refractivity contribution in [2.24, 2.45) is 7.05 Å². The molecule has 0 aliphatic heterocycles. The van der Waals surface area contributed by atoms with Crippen LogP contribution in [0.1, 0.15) is 33.5 Å². The zero-order valence-electron chi connectivity index (χ0n) is 12.6. The smallest absolute Gasteiger partial charge is 0.0485 e. The summed E-state index contributed by atoms with van der Waals surface area (Å²) in [6.07, 6.45) is 0. The molecular formula is C17H23N. The van der Waals surface area contributed by atoms with E-state index in [1.54, 1.807) is 0 Å². The van der Waals surface area contributed by atoms with Gasteiger partial charge in [0.2, 0.25) is 0 Å². The number of aromatic nitrogens is 1. The second-order valence-corrected chi connectivity index (χ2v) is 5.47. The maximum absolute atomic E-state index is 2.33. The number of aryl methyl sites for hydroxylation is 2. The van der Waals surface area contributed by atoms with Crippen molar-refractivity contribution in [1.29, 1.82) is 0 Å². The molecule has 0 saturated carbocycles. The van der Waals surface area contributed by atoms with Crippen LogP contribution in [0, 0.1) is 41.5 Å². The third kappa shape index (κ3) is 1.78. The van der Waals surface area contributed by atoms with E-state index in [0.29, 0.717) is 0 Å². The van der Waals surface area contributed by atoms with E-state index in [4.69, 9.17) is 0 Å². The fourth-order valence-electron chi connectivity index (χ4n) is 2.59. The molecule has 18 heavy (non-hydrogen) atoms. The summed E-state index contributed by atoms with van der Waals surface area (Å²) in [5.74, 6) is 0. The van der Waals surface area contributed by atoms with E-state index in [0.717, 1.165) is 0 Å². The first kappa shape index (κ1) is 12.9. The summed E-state index contributed by atoms with van der Waals surface area (Å²) in [7, 11) is 2.15. The molecule has 1 heteroatoms. The minimum Gasteiger partial charge on any atom is -0.348 e. The van der Waals surface area contributed by atoms with Crippen molar-refractivity contribution >= 4 is 0 Å². The van der Waals surface area contributed by atoms with Gasteiger partial charge in [-0.25, -0.2) is 0 Å². The Morgan fingerprint density at radius 1 is 0.722 bits per heavy atom. The Morgan fingerprint density at radius 3 is 1.83 bits per heavy atom. The summed E-state index contributed by atoms with van der Waals surface area (Å²) < 4.78 is 2.30. The van der Waals surface area contributed by atoms with Gasteiger partial charge in [0.15, 0.2) is 0 Å². The van der Waals surface area contributed by atoms with E-state index in [1.807, 2.05) is 0 Å². The third-order valence-corrected chi connectivity index (χ3v) is 4.55. The fourth-order valence-corrected chi connectivity index (χ4v) is 2.59. The number of nitrogens with zero attached hydrogens (tertiary/aromatic N) is 1. The molecule has 0 amide bonds. The lowest BCUT2D eigenvalue weighted by molar-refractivity contribution is 0.883. The van der Waals surface area contributed by atoms with Gasteiger partial charge >= 0.3 is 0 Å². The zero-order valence-corrected chi connectivity index (χ0v) is 12.6. The lowest BCUT2D eigenvalue weighted by atomic mass is 9.93. The highest BCUT2D eigenvalue weighted by molar-refractivity contribution is 5.69. The molecule has 2 aromatic rings. The van der Waals surface area contributed by atoms with Crippen LogP contribution in [0.4, 0.5) is 0 Å².